The number of hydrogen-bond acceptors (Lipinski definition) is 26. The fourth-order valence-corrected chi connectivity index (χ4v) is 9.47. The smallest absolute Gasteiger partial charge is 0.330 e. The molecule has 0 aromatic rings. The first-order valence-electron chi connectivity index (χ1n) is 31.6. The Hall–Kier alpha value is 2.13. The molecule has 5 N–H and O–H groups in total. The van der Waals surface area contributed by atoms with Crippen LogP contribution in [0.2, 0.25) is 0 Å². The molecule has 0 aromatic carbocycles. The lowest BCUT2D eigenvalue weighted by Gasteiger charge is -2.21. The topological polar surface area (TPSA) is 415 Å². The third-order valence-corrected chi connectivity index (χ3v) is 31.1. The Morgan fingerprint density at radius 3 is 0.786 bits per heavy atom. The van der Waals surface area contributed by atoms with Crippen LogP contribution in [0, 0.1) is 0 Å². The first-order valence-corrected chi connectivity index (χ1v) is 61.7. The highest BCUT2D eigenvalue weighted by Crippen LogP contribution is 2.51. The van der Waals surface area contributed by atoms with E-state index in [1.54, 1.807) is 120 Å². The second-order valence-electron chi connectivity index (χ2n) is 23.1. The molecule has 1 rings (SSSR count). The number of allylic oxidation sites excluding steroid dienone is 1. The van der Waals surface area contributed by atoms with E-state index in [2.05, 4.69) is 9.05 Å². The summed E-state index contributed by atoms with van der Waals surface area (Å²) in [5.74, 6) is -0.737. The molecular weight excluding hydrogens is 1540 g/mol. The molecule has 0 aliphatic carbocycles. The van der Waals surface area contributed by atoms with Gasteiger partial charge in [0.25, 0.3) is 0 Å². The van der Waals surface area contributed by atoms with Gasteiger partial charge in [0, 0.05) is 131 Å². The minimum atomic E-state index is -2.71. The summed E-state index contributed by atoms with van der Waals surface area (Å²) in [6.07, 6.45) is 5.58. The molecule has 10 atom stereocenters. The van der Waals surface area contributed by atoms with E-state index >= 15 is 0 Å². The van der Waals surface area contributed by atoms with Crippen molar-refractivity contribution in [1.82, 2.24) is 0 Å². The molecule has 0 aromatic heterocycles. The molecule has 0 saturated carbocycles. The molecule has 41 heteroatoms. The highest BCUT2D eigenvalue weighted by Gasteiger charge is 2.25. The van der Waals surface area contributed by atoms with Gasteiger partial charge in [-0.05, 0) is 114 Å². The minimum absolute atomic E-state index is 0. The zero-order chi connectivity index (χ0) is 81.2. The zero-order valence-corrected chi connectivity index (χ0v) is 78.4. The predicted octanol–water partition coefficient (Wildman–Crippen LogP) is 19.9. The van der Waals surface area contributed by atoms with Crippen LogP contribution >= 0.6 is 95.6 Å². The molecule has 98 heavy (non-hydrogen) atoms. The molecule has 28 nitrogen and oxygen atoms in total. The summed E-state index contributed by atoms with van der Waals surface area (Å²) in [7, 11) is -27.5. The third kappa shape index (κ3) is 128. The molecule has 1 fully saturated rings. The number of aliphatic hydroxyl groups is 3. The van der Waals surface area contributed by atoms with Crippen LogP contribution < -0.4 is 0 Å². The van der Waals surface area contributed by atoms with E-state index in [1.165, 1.54) is 61.4 Å². The summed E-state index contributed by atoms with van der Waals surface area (Å²) in [5.41, 5.74) is 0.150. The molecule has 1 heterocycles. The van der Waals surface area contributed by atoms with E-state index in [0.29, 0.717) is 77.5 Å². The Kier molecular flexibility index (Phi) is 90.5. The van der Waals surface area contributed by atoms with Gasteiger partial charge in [0.15, 0.2) is 44.2 Å². The fourth-order valence-electron chi connectivity index (χ4n) is 3.19. The van der Waals surface area contributed by atoms with Crippen molar-refractivity contribution >= 4 is 95.6 Å². The first-order chi connectivity index (χ1) is 42.8. The van der Waals surface area contributed by atoms with Crippen LogP contribution in [0.3, 0.4) is 0 Å². The van der Waals surface area contributed by atoms with E-state index in [-0.39, 0.29) is 13.1 Å². The normalized spacial score (nSPS) is 17.6. The number of hydrogen-bond donors (Lipinski definition) is 5. The molecule has 1 aliphatic heterocycles. The van der Waals surface area contributed by atoms with Gasteiger partial charge in [0.2, 0.25) is 29.5 Å². The van der Waals surface area contributed by atoms with Gasteiger partial charge < -0.3 is 79.5 Å². The van der Waals surface area contributed by atoms with Crippen LogP contribution in [0.1, 0.15) is 132 Å². The lowest BCUT2D eigenvalue weighted by Crippen LogP contribution is -2.08. The number of rotatable bonds is 24. The molecule has 0 spiro atoms. The van der Waals surface area contributed by atoms with Crippen molar-refractivity contribution < 1.29 is 130 Å². The SMILES string of the molecule is C.C/C=C/P(C)(=O)OCC.CC(O)P(C)(C)=O.CCOP(C)(=O)C(C)C.CCOP(C)(=O)C(C)O.CCOP(C)(=O)C(C)O.CCOP(C)(=O)CC.CCOP(C)(C)=O.CCP(C)(=O)O.CCP(C)(=O)OC.CCP(C)(C)=O.CCP1(=O)OCCCO1.COP(C)(C)=O.CP(C)(=O)O. The maximum Gasteiger partial charge on any atom is 0.330 e. The van der Waals surface area contributed by atoms with Gasteiger partial charge >= 0.3 is 7.60 Å². The number of aliphatic hydroxyl groups excluding tert-OH is 3. The maximum absolute atomic E-state index is 11.3. The summed E-state index contributed by atoms with van der Waals surface area (Å²) in [6, 6.07) is 0. The highest BCUT2D eigenvalue weighted by atomic mass is 31.2. The van der Waals surface area contributed by atoms with Crippen molar-refractivity contribution in [2.75, 3.05) is 211 Å². The van der Waals surface area contributed by atoms with Crippen molar-refractivity contribution in [2.45, 2.75) is 155 Å². The summed E-state index contributed by atoms with van der Waals surface area (Å²) in [5, 5.41) is 26.3. The van der Waals surface area contributed by atoms with E-state index in [9.17, 15) is 59.3 Å². The van der Waals surface area contributed by atoms with E-state index in [0.717, 1.165) is 12.6 Å². The minimum Gasteiger partial charge on any atom is -0.386 e. The molecule has 612 valence electrons. The zero-order valence-electron chi connectivity index (χ0n) is 66.8. The van der Waals surface area contributed by atoms with Crippen LogP contribution in [-0.4, -0.2) is 259 Å². The van der Waals surface area contributed by atoms with Gasteiger partial charge in [-0.15, -0.1) is 0 Å². The standard InChI is InChI=1S/C6H15O2P.C6H13O2P.C5H11O3P.2C5H13O3P.C5H13O2P.3C4H11O2P.C4H11OP.2C3H9O2P.C2H7O2P.CH4/c1-5-8-9(4,7)6(2)3;1-4-6-9(3,7)8-5-2;1-2-9(6)7-4-3-5-8-9;2*1-4-8-9(3,7)5(2)6;1-4-7-8(3,6)5-2;1-4-6-7(2,3)5;1-4-7(3,5)6-2;1-4(5)7(2,3)6;1-4-6(2,3)5;1-5-6(2,3)4;1-3-6(2,4)5;1-5(2,3)4;/h6H,5H2,1-4H3;4,6H,5H2,1-3H3;2-5H2,1H3;2*5-6H,4H2,1-3H3;4-5H2,1-3H3;2*4H2,1-3H3;4-5H,1-3H3;4H2,1-3H3;1-3H3;3H2,1-2H3,(H,4,5);1-2H3,(H,3,4);1H4/b;6-4+;;;;;;;;;;;;. The van der Waals surface area contributed by atoms with Gasteiger partial charge in [-0.3, -0.25) is 50.2 Å². The van der Waals surface area contributed by atoms with Crippen LogP contribution in [0.4, 0.5) is 0 Å². The fraction of sp³-hybridized carbons (Fsp3) is 0.965. The average molecular weight is 1690 g/mol. The average Bonchev–Trinajstić information content (AvgIpc) is 0.939. The lowest BCUT2D eigenvalue weighted by atomic mass is 10.5. The van der Waals surface area contributed by atoms with E-state index in [1.807, 2.05) is 76.2 Å². The first kappa shape index (κ1) is 130. The maximum atomic E-state index is 11.3. The Bertz CT molecular complexity index is 2370. The van der Waals surface area contributed by atoms with Gasteiger partial charge in [0.05, 0.1) is 60.0 Å². The van der Waals surface area contributed by atoms with E-state index in [4.69, 9.17) is 61.3 Å². The molecule has 0 radical (unpaired) electrons. The summed E-state index contributed by atoms with van der Waals surface area (Å²) in [6.45, 7) is 60.8. The highest BCUT2D eigenvalue weighted by molar-refractivity contribution is 7.63. The monoisotopic (exact) mass is 1690 g/mol. The summed E-state index contributed by atoms with van der Waals surface area (Å²) in [4.78, 5) is 16.5. The quantitative estimate of drug-likeness (QED) is 0.0560. The Morgan fingerprint density at radius 1 is 0.429 bits per heavy atom. The van der Waals surface area contributed by atoms with Gasteiger partial charge in [0.1, 0.15) is 24.7 Å². The molecule has 1 saturated heterocycles. The molecule has 1 aliphatic rings. The lowest BCUT2D eigenvalue weighted by molar-refractivity contribution is 0.147. The van der Waals surface area contributed by atoms with Crippen molar-refractivity contribution in [3.8, 4) is 0 Å². The summed E-state index contributed by atoms with van der Waals surface area (Å²) < 4.78 is 188. The molecular formula is C57H151O28P13. The van der Waals surface area contributed by atoms with Crippen molar-refractivity contribution in [3.63, 3.8) is 0 Å². The largest absolute Gasteiger partial charge is 0.386 e. The van der Waals surface area contributed by atoms with Gasteiger partial charge in [-0.25, -0.2) is 0 Å². The Labute approximate surface area is 599 Å². The Morgan fingerprint density at radius 2 is 0.694 bits per heavy atom. The summed E-state index contributed by atoms with van der Waals surface area (Å²) >= 11 is 0. The molecule has 0 bridgehead atoms. The van der Waals surface area contributed by atoms with Crippen LogP contribution in [-0.2, 0) is 105 Å². The van der Waals surface area contributed by atoms with Crippen molar-refractivity contribution in [3.05, 3.63) is 11.9 Å². The second kappa shape index (κ2) is 68.4. The van der Waals surface area contributed by atoms with Crippen LogP contribution in [0.25, 0.3) is 0 Å². The van der Waals surface area contributed by atoms with Crippen LogP contribution in [0.15, 0.2) is 11.9 Å². The van der Waals surface area contributed by atoms with E-state index < -0.39 is 113 Å². The Balaban J connectivity index is -0.0000000728. The predicted molar refractivity (Wildman–Crippen MR) is 429 cm³/mol. The molecule has 0 amide bonds. The molecule has 10 unspecified atom stereocenters. The second-order valence-corrected chi connectivity index (χ2v) is 60.9. The van der Waals surface area contributed by atoms with Gasteiger partial charge in [-0.2, -0.15) is 0 Å². The van der Waals surface area contributed by atoms with Crippen molar-refractivity contribution in [2.24, 2.45) is 0 Å². The third-order valence-electron chi connectivity index (χ3n) is 10.6. The van der Waals surface area contributed by atoms with Crippen LogP contribution in [0.5, 0.6) is 0 Å². The van der Waals surface area contributed by atoms with Crippen molar-refractivity contribution in [1.29, 1.82) is 0 Å². The van der Waals surface area contributed by atoms with Gasteiger partial charge in [-0.1, -0.05) is 62.0 Å².